The minimum Gasteiger partial charge on any atom is -0.352 e. The van der Waals surface area contributed by atoms with E-state index in [0.717, 1.165) is 24.2 Å². The zero-order valence-electron chi connectivity index (χ0n) is 17.3. The maximum absolute atomic E-state index is 14.0. The predicted molar refractivity (Wildman–Crippen MR) is 114 cm³/mol. The molecule has 1 saturated heterocycles. The van der Waals surface area contributed by atoms with E-state index in [1.54, 1.807) is 24.4 Å². The summed E-state index contributed by atoms with van der Waals surface area (Å²) in [6.45, 7) is 1.68. The van der Waals surface area contributed by atoms with Gasteiger partial charge < -0.3 is 20.1 Å². The summed E-state index contributed by atoms with van der Waals surface area (Å²) in [5.41, 5.74) is 0.781. The van der Waals surface area contributed by atoms with Gasteiger partial charge in [-0.15, -0.1) is 10.2 Å². The maximum atomic E-state index is 14.0. The number of nitrogens with one attached hydrogen (secondary N) is 2. The van der Waals surface area contributed by atoms with E-state index >= 15 is 0 Å². The van der Waals surface area contributed by atoms with Gasteiger partial charge in [0.05, 0.1) is 0 Å². The average Bonchev–Trinajstić information content (AvgIpc) is 3.41. The molecule has 2 aliphatic rings. The highest BCUT2D eigenvalue weighted by atomic mass is 19.1. The van der Waals surface area contributed by atoms with Crippen molar-refractivity contribution < 1.29 is 13.6 Å². The van der Waals surface area contributed by atoms with Crippen LogP contribution in [0.5, 0.6) is 0 Å². The van der Waals surface area contributed by atoms with Crippen LogP contribution in [0.1, 0.15) is 18.7 Å². The van der Waals surface area contributed by atoms with Crippen LogP contribution in [-0.4, -0.2) is 51.0 Å². The van der Waals surface area contributed by atoms with Gasteiger partial charge in [0.1, 0.15) is 11.6 Å². The van der Waals surface area contributed by atoms with Crippen LogP contribution in [0.3, 0.4) is 0 Å². The molecule has 8 nitrogen and oxygen atoms in total. The zero-order valence-corrected chi connectivity index (χ0v) is 17.3. The molecule has 2 unspecified atom stereocenters. The van der Waals surface area contributed by atoms with Crippen LogP contribution >= 0.6 is 0 Å². The lowest BCUT2D eigenvalue weighted by molar-refractivity contribution is 0.230. The number of fused-ring (bicyclic) bond motifs is 1. The molecule has 0 saturated carbocycles. The van der Waals surface area contributed by atoms with E-state index in [2.05, 4.69) is 25.8 Å². The van der Waals surface area contributed by atoms with Crippen molar-refractivity contribution in [2.45, 2.75) is 37.9 Å². The van der Waals surface area contributed by atoms with Crippen molar-refractivity contribution >= 4 is 11.8 Å². The molecule has 2 N–H and O–H groups in total. The number of aryl methyl sites for hydroxylation is 1. The first-order valence-corrected chi connectivity index (χ1v) is 10.7. The first-order chi connectivity index (χ1) is 15.6. The highest BCUT2D eigenvalue weighted by Crippen LogP contribution is 2.24. The number of pyridine rings is 1. The van der Waals surface area contributed by atoms with Crippen LogP contribution in [0.2, 0.25) is 0 Å². The van der Waals surface area contributed by atoms with Crippen molar-refractivity contribution in [3.63, 3.8) is 0 Å². The van der Waals surface area contributed by atoms with Crippen molar-refractivity contribution in [2.75, 3.05) is 18.0 Å². The van der Waals surface area contributed by atoms with Gasteiger partial charge in [-0.2, -0.15) is 0 Å². The molecule has 0 aliphatic carbocycles. The molecule has 1 aromatic carbocycles. The van der Waals surface area contributed by atoms with Crippen molar-refractivity contribution in [2.24, 2.45) is 0 Å². The standard InChI is InChI=1S/C22H23F2N7O/c23-15-5-3-14(4-6-15)20-29-28-19-8-7-16(13-31(19)20)26-22(32)27-17-9-11-30(12-17)21-18(24)2-1-10-25-21/h1-6,10,16-17H,7-9,11-13H2,(H2,26,27,32). The smallest absolute Gasteiger partial charge is 0.315 e. The molecule has 2 atom stereocenters. The topological polar surface area (TPSA) is 88.0 Å². The minimum absolute atomic E-state index is 0.0801. The van der Waals surface area contributed by atoms with E-state index in [0.29, 0.717) is 37.7 Å². The van der Waals surface area contributed by atoms with Gasteiger partial charge >= 0.3 is 6.03 Å². The van der Waals surface area contributed by atoms with Gasteiger partial charge in [-0.1, -0.05) is 0 Å². The number of hydrogen-bond acceptors (Lipinski definition) is 5. The molecule has 2 aromatic heterocycles. The fourth-order valence-corrected chi connectivity index (χ4v) is 4.35. The molecule has 0 spiro atoms. The summed E-state index contributed by atoms with van der Waals surface area (Å²) in [6.07, 6.45) is 3.73. The molecular formula is C22H23F2N7O. The number of aromatic nitrogens is 4. The molecule has 1 fully saturated rings. The number of carbonyl (C=O) groups excluding carboxylic acids is 1. The van der Waals surface area contributed by atoms with E-state index in [1.165, 1.54) is 18.2 Å². The second kappa shape index (κ2) is 8.52. The number of hydrogen-bond donors (Lipinski definition) is 2. The summed E-state index contributed by atoms with van der Waals surface area (Å²) in [6, 6.07) is 8.67. The van der Waals surface area contributed by atoms with Crippen LogP contribution in [0.15, 0.2) is 42.6 Å². The molecule has 4 heterocycles. The first-order valence-electron chi connectivity index (χ1n) is 10.7. The van der Waals surface area contributed by atoms with Crippen molar-refractivity contribution in [1.29, 1.82) is 0 Å². The Morgan fingerprint density at radius 2 is 1.78 bits per heavy atom. The van der Waals surface area contributed by atoms with Gasteiger partial charge in [0.25, 0.3) is 0 Å². The Labute approximate surface area is 183 Å². The number of rotatable bonds is 4. The fourth-order valence-electron chi connectivity index (χ4n) is 4.35. The third-order valence-electron chi connectivity index (χ3n) is 5.95. The zero-order chi connectivity index (χ0) is 22.1. The second-order valence-electron chi connectivity index (χ2n) is 8.15. The van der Waals surface area contributed by atoms with Crippen LogP contribution in [-0.2, 0) is 13.0 Å². The van der Waals surface area contributed by atoms with Gasteiger partial charge in [-0.3, -0.25) is 0 Å². The second-order valence-corrected chi connectivity index (χ2v) is 8.15. The van der Waals surface area contributed by atoms with Crippen molar-refractivity contribution in [3.8, 4) is 11.4 Å². The molecule has 3 aromatic rings. The van der Waals surface area contributed by atoms with Crippen LogP contribution < -0.4 is 15.5 Å². The number of urea groups is 1. The third kappa shape index (κ3) is 4.12. The summed E-state index contributed by atoms with van der Waals surface area (Å²) >= 11 is 0. The molecule has 32 heavy (non-hydrogen) atoms. The predicted octanol–water partition coefficient (Wildman–Crippen LogP) is 2.51. The lowest BCUT2D eigenvalue weighted by Gasteiger charge is -2.26. The highest BCUT2D eigenvalue weighted by Gasteiger charge is 2.28. The molecule has 0 bridgehead atoms. The summed E-state index contributed by atoms with van der Waals surface area (Å²) in [4.78, 5) is 18.6. The lowest BCUT2D eigenvalue weighted by Crippen LogP contribution is -2.49. The molecule has 0 radical (unpaired) electrons. The van der Waals surface area contributed by atoms with Crippen molar-refractivity contribution in [3.05, 3.63) is 60.1 Å². The van der Waals surface area contributed by atoms with Gasteiger partial charge in [0.15, 0.2) is 17.5 Å². The Kier molecular flexibility index (Phi) is 5.42. The molecule has 2 aliphatic heterocycles. The average molecular weight is 439 g/mol. The largest absolute Gasteiger partial charge is 0.352 e. The van der Waals surface area contributed by atoms with Crippen molar-refractivity contribution in [1.82, 2.24) is 30.4 Å². The van der Waals surface area contributed by atoms with Gasteiger partial charge in [0, 0.05) is 49.9 Å². The summed E-state index contributed by atoms with van der Waals surface area (Å²) in [7, 11) is 0. The van der Waals surface area contributed by atoms with Crippen LogP contribution in [0.25, 0.3) is 11.4 Å². The summed E-state index contributed by atoms with van der Waals surface area (Å²) in [5.74, 6) is 1.17. The number of halogens is 2. The van der Waals surface area contributed by atoms with E-state index in [1.807, 2.05) is 9.47 Å². The first kappa shape index (κ1) is 20.3. The van der Waals surface area contributed by atoms with Gasteiger partial charge in [-0.25, -0.2) is 18.6 Å². The van der Waals surface area contributed by atoms with E-state index in [9.17, 15) is 13.6 Å². The van der Waals surface area contributed by atoms with E-state index in [4.69, 9.17) is 0 Å². The van der Waals surface area contributed by atoms with Crippen LogP contribution in [0, 0.1) is 11.6 Å². The molecule has 166 valence electrons. The molecule has 10 heteroatoms. The van der Waals surface area contributed by atoms with Crippen LogP contribution in [0.4, 0.5) is 19.4 Å². The number of carbonyl (C=O) groups is 1. The SMILES string of the molecule is O=C(NC1CCN(c2ncccc2F)C1)NC1CCc2nnc(-c3ccc(F)cc3)n2C1. The Hall–Kier alpha value is -3.56. The third-order valence-corrected chi connectivity index (χ3v) is 5.95. The van der Waals surface area contributed by atoms with Gasteiger partial charge in [-0.05, 0) is 49.2 Å². The fraction of sp³-hybridized carbons (Fsp3) is 0.364. The Morgan fingerprint density at radius 3 is 2.56 bits per heavy atom. The quantitative estimate of drug-likeness (QED) is 0.652. The van der Waals surface area contributed by atoms with E-state index < -0.39 is 0 Å². The lowest BCUT2D eigenvalue weighted by atomic mass is 10.1. The highest BCUT2D eigenvalue weighted by molar-refractivity contribution is 5.74. The number of nitrogens with zero attached hydrogens (tertiary/aromatic N) is 5. The number of amides is 2. The maximum Gasteiger partial charge on any atom is 0.315 e. The van der Waals surface area contributed by atoms with E-state index in [-0.39, 0.29) is 29.7 Å². The number of benzene rings is 1. The minimum atomic E-state index is -0.360. The monoisotopic (exact) mass is 439 g/mol. The summed E-state index contributed by atoms with van der Waals surface area (Å²) in [5, 5.41) is 14.5. The Morgan fingerprint density at radius 1 is 1.00 bits per heavy atom. The molecule has 2 amide bonds. The Balaban J connectivity index is 1.19. The summed E-state index contributed by atoms with van der Waals surface area (Å²) < 4.78 is 29.2. The molecular weight excluding hydrogens is 416 g/mol. The Bertz CT molecular complexity index is 1120. The number of anilines is 1. The van der Waals surface area contributed by atoms with Gasteiger partial charge in [0.2, 0.25) is 0 Å². The molecule has 5 rings (SSSR count). The normalized spacial score (nSPS) is 20.1.